The largest absolute Gasteiger partial charge is 0.383 e. The zero-order chi connectivity index (χ0) is 16.6. The Morgan fingerprint density at radius 2 is 1.91 bits per heavy atom. The molecule has 0 bridgehead atoms. The highest BCUT2D eigenvalue weighted by atomic mass is 127. The maximum atomic E-state index is 10.6. The van der Waals surface area contributed by atoms with Gasteiger partial charge in [0.15, 0.2) is 5.96 Å². The summed E-state index contributed by atoms with van der Waals surface area (Å²) in [4.78, 5) is 14.7. The quantitative estimate of drug-likeness (QED) is 0.179. The number of halogens is 1. The van der Waals surface area contributed by atoms with Crippen LogP contribution in [0.5, 0.6) is 0 Å². The van der Waals surface area contributed by atoms with Gasteiger partial charge in [0, 0.05) is 31.3 Å². The number of hydrogen-bond acceptors (Lipinski definition) is 4. The standard InChI is InChI=1S/C15H24N4O3.HI/c1-15(2,3)18-14(16-9-10-22-4)17-11-12-5-7-13(8-6-12)19(20)21;/h5-8H,9-11H2,1-4H3,(H2,16,17,18);1H. The van der Waals surface area contributed by atoms with Gasteiger partial charge >= 0.3 is 0 Å². The van der Waals surface area contributed by atoms with E-state index in [1.165, 1.54) is 12.1 Å². The Labute approximate surface area is 154 Å². The van der Waals surface area contributed by atoms with Gasteiger partial charge in [0.05, 0.1) is 18.1 Å². The smallest absolute Gasteiger partial charge is 0.269 e. The van der Waals surface area contributed by atoms with Gasteiger partial charge in [0.1, 0.15) is 0 Å². The van der Waals surface area contributed by atoms with Crippen molar-refractivity contribution in [1.29, 1.82) is 0 Å². The topological polar surface area (TPSA) is 88.8 Å². The summed E-state index contributed by atoms with van der Waals surface area (Å²) in [6.45, 7) is 7.82. The number of methoxy groups -OCH3 is 1. The number of nitrogens with zero attached hydrogens (tertiary/aromatic N) is 2. The Morgan fingerprint density at radius 1 is 1.30 bits per heavy atom. The normalized spacial score (nSPS) is 11.6. The van der Waals surface area contributed by atoms with E-state index in [0.717, 1.165) is 5.56 Å². The molecule has 23 heavy (non-hydrogen) atoms. The highest BCUT2D eigenvalue weighted by Crippen LogP contribution is 2.12. The van der Waals surface area contributed by atoms with E-state index >= 15 is 0 Å². The monoisotopic (exact) mass is 436 g/mol. The molecule has 0 unspecified atom stereocenters. The number of rotatable bonds is 6. The van der Waals surface area contributed by atoms with Gasteiger partial charge in [-0.25, -0.2) is 4.99 Å². The van der Waals surface area contributed by atoms with Crippen molar-refractivity contribution >= 4 is 35.6 Å². The van der Waals surface area contributed by atoms with Crippen molar-refractivity contribution in [3.05, 3.63) is 39.9 Å². The Kier molecular flexibility index (Phi) is 9.73. The maximum absolute atomic E-state index is 10.6. The van der Waals surface area contributed by atoms with E-state index in [9.17, 15) is 10.1 Å². The number of non-ortho nitro benzene ring substituents is 1. The maximum Gasteiger partial charge on any atom is 0.269 e. The molecule has 2 N–H and O–H groups in total. The van der Waals surface area contributed by atoms with Gasteiger partial charge in [0.2, 0.25) is 0 Å². The zero-order valence-electron chi connectivity index (χ0n) is 14.0. The molecule has 0 fully saturated rings. The molecule has 8 heteroatoms. The average molecular weight is 436 g/mol. The molecule has 0 aliphatic rings. The van der Waals surface area contributed by atoms with Crippen LogP contribution in [0.4, 0.5) is 5.69 Å². The van der Waals surface area contributed by atoms with Crippen molar-refractivity contribution < 1.29 is 9.66 Å². The molecule has 1 aromatic rings. The molecule has 0 saturated heterocycles. The van der Waals surface area contributed by atoms with Crippen LogP contribution >= 0.6 is 24.0 Å². The Balaban J connectivity index is 0.00000484. The molecule has 130 valence electrons. The van der Waals surface area contributed by atoms with Crippen LogP contribution in [0, 0.1) is 10.1 Å². The third-order valence-corrected chi connectivity index (χ3v) is 2.66. The molecule has 7 nitrogen and oxygen atoms in total. The summed E-state index contributed by atoms with van der Waals surface area (Å²) in [6.07, 6.45) is 0. The predicted molar refractivity (Wildman–Crippen MR) is 102 cm³/mol. The summed E-state index contributed by atoms with van der Waals surface area (Å²) >= 11 is 0. The second-order valence-corrected chi connectivity index (χ2v) is 5.88. The number of nitro benzene ring substituents is 1. The molecule has 0 radical (unpaired) electrons. The fraction of sp³-hybridized carbons (Fsp3) is 0.533. The fourth-order valence-electron chi connectivity index (χ4n) is 1.66. The van der Waals surface area contributed by atoms with E-state index in [2.05, 4.69) is 15.6 Å². The first-order valence-corrected chi connectivity index (χ1v) is 7.10. The Morgan fingerprint density at radius 3 is 2.39 bits per heavy atom. The summed E-state index contributed by atoms with van der Waals surface area (Å²) in [6, 6.07) is 6.40. The van der Waals surface area contributed by atoms with Gasteiger partial charge in [-0.1, -0.05) is 12.1 Å². The first-order valence-electron chi connectivity index (χ1n) is 7.10. The predicted octanol–water partition coefficient (Wildman–Crippen LogP) is 2.69. The average Bonchev–Trinajstić information content (AvgIpc) is 2.44. The Hall–Kier alpha value is -1.42. The van der Waals surface area contributed by atoms with Crippen LogP contribution < -0.4 is 10.6 Å². The molecule has 0 aliphatic carbocycles. The second-order valence-electron chi connectivity index (χ2n) is 5.88. The lowest BCUT2D eigenvalue weighted by atomic mass is 10.1. The lowest BCUT2D eigenvalue weighted by molar-refractivity contribution is -0.384. The fourth-order valence-corrected chi connectivity index (χ4v) is 1.66. The molecular formula is C15H25IN4O3. The number of guanidine groups is 1. The molecule has 1 rings (SSSR count). The lowest BCUT2D eigenvalue weighted by Gasteiger charge is -2.24. The highest BCUT2D eigenvalue weighted by molar-refractivity contribution is 14.0. The van der Waals surface area contributed by atoms with Crippen LogP contribution in [-0.2, 0) is 11.3 Å². The van der Waals surface area contributed by atoms with Gasteiger partial charge < -0.3 is 15.4 Å². The molecule has 0 saturated carbocycles. The molecule has 0 aromatic heterocycles. The van der Waals surface area contributed by atoms with E-state index in [1.54, 1.807) is 19.2 Å². The summed E-state index contributed by atoms with van der Waals surface area (Å²) < 4.78 is 5.01. The number of nitrogens with one attached hydrogen (secondary N) is 2. The van der Waals surface area contributed by atoms with Crippen molar-refractivity contribution in [3.63, 3.8) is 0 Å². The van der Waals surface area contributed by atoms with Gasteiger partial charge in [0.25, 0.3) is 5.69 Å². The van der Waals surface area contributed by atoms with Gasteiger partial charge in [-0.2, -0.15) is 0 Å². The SMILES string of the molecule is COCCNC(=NCc1ccc([N+](=O)[O-])cc1)NC(C)(C)C.I. The minimum Gasteiger partial charge on any atom is -0.383 e. The van der Waals surface area contributed by atoms with E-state index < -0.39 is 4.92 Å². The number of nitro groups is 1. The van der Waals surface area contributed by atoms with Crippen molar-refractivity contribution in [2.75, 3.05) is 20.3 Å². The molecule has 0 spiro atoms. The summed E-state index contributed by atoms with van der Waals surface area (Å²) in [5.74, 6) is 0.683. The molecule has 0 heterocycles. The minimum absolute atomic E-state index is 0. The third kappa shape index (κ3) is 9.34. The van der Waals surface area contributed by atoms with E-state index in [1.807, 2.05) is 20.8 Å². The number of aliphatic imine (C=N–C) groups is 1. The highest BCUT2D eigenvalue weighted by Gasteiger charge is 2.12. The van der Waals surface area contributed by atoms with Crippen molar-refractivity contribution in [2.45, 2.75) is 32.9 Å². The van der Waals surface area contributed by atoms with Crippen LogP contribution in [0.3, 0.4) is 0 Å². The molecule has 0 atom stereocenters. The van der Waals surface area contributed by atoms with Crippen LogP contribution in [-0.4, -0.2) is 36.7 Å². The summed E-state index contributed by atoms with van der Waals surface area (Å²) in [5, 5.41) is 17.1. The molecular weight excluding hydrogens is 411 g/mol. The number of ether oxygens (including phenoxy) is 1. The van der Waals surface area contributed by atoms with Crippen molar-refractivity contribution in [3.8, 4) is 0 Å². The van der Waals surface area contributed by atoms with Gasteiger partial charge in [-0.3, -0.25) is 10.1 Å². The lowest BCUT2D eigenvalue weighted by Crippen LogP contribution is -2.48. The third-order valence-electron chi connectivity index (χ3n) is 2.66. The summed E-state index contributed by atoms with van der Waals surface area (Å²) in [5.41, 5.74) is 0.875. The first kappa shape index (κ1) is 21.6. The van der Waals surface area contributed by atoms with Crippen LogP contribution in [0.15, 0.2) is 29.3 Å². The van der Waals surface area contributed by atoms with Crippen molar-refractivity contribution in [2.24, 2.45) is 4.99 Å². The van der Waals surface area contributed by atoms with Crippen LogP contribution in [0.2, 0.25) is 0 Å². The number of benzene rings is 1. The second kappa shape index (κ2) is 10.4. The van der Waals surface area contributed by atoms with Gasteiger partial charge in [-0.15, -0.1) is 24.0 Å². The number of hydrogen-bond donors (Lipinski definition) is 2. The van der Waals surface area contributed by atoms with Gasteiger partial charge in [-0.05, 0) is 26.3 Å². The molecule has 1 aromatic carbocycles. The van der Waals surface area contributed by atoms with E-state index in [4.69, 9.17) is 4.74 Å². The Bertz CT molecular complexity index is 512. The zero-order valence-corrected chi connectivity index (χ0v) is 16.3. The summed E-state index contributed by atoms with van der Waals surface area (Å²) in [7, 11) is 1.65. The van der Waals surface area contributed by atoms with E-state index in [0.29, 0.717) is 25.7 Å². The van der Waals surface area contributed by atoms with Crippen molar-refractivity contribution in [1.82, 2.24) is 10.6 Å². The van der Waals surface area contributed by atoms with E-state index in [-0.39, 0.29) is 35.2 Å². The van der Waals surface area contributed by atoms with Crippen LogP contribution in [0.1, 0.15) is 26.3 Å². The first-order chi connectivity index (χ1) is 10.3. The minimum atomic E-state index is -0.411. The molecule has 0 amide bonds. The van der Waals surface area contributed by atoms with Crippen LogP contribution in [0.25, 0.3) is 0 Å². The molecule has 0 aliphatic heterocycles.